The normalized spacial score (nSPS) is 24.4. The Morgan fingerprint density at radius 3 is 2.59 bits per heavy atom. The molecule has 0 unspecified atom stereocenters. The van der Waals surface area contributed by atoms with E-state index in [4.69, 9.17) is 15.2 Å². The molecule has 0 saturated heterocycles. The Kier molecular flexibility index (Phi) is 4.98. The maximum atomic E-state index is 11.8. The van der Waals surface area contributed by atoms with Crippen LogP contribution < -0.4 is 10.5 Å². The molecule has 0 fully saturated rings. The van der Waals surface area contributed by atoms with E-state index in [0.717, 1.165) is 5.56 Å². The number of rotatable bonds is 3. The second kappa shape index (κ2) is 6.75. The van der Waals surface area contributed by atoms with Gasteiger partial charge in [0.1, 0.15) is 5.75 Å². The van der Waals surface area contributed by atoms with Gasteiger partial charge in [0.05, 0.1) is 7.11 Å². The Morgan fingerprint density at radius 2 is 1.95 bits per heavy atom. The Bertz CT molecular complexity index is 608. The lowest BCUT2D eigenvalue weighted by atomic mass is 9.75. The summed E-state index contributed by atoms with van der Waals surface area (Å²) < 4.78 is 10.1. The Hall–Kier alpha value is -2.14. The number of allylic oxidation sites excluding steroid dienone is 1. The zero-order valence-corrected chi connectivity index (χ0v) is 13.0. The van der Waals surface area contributed by atoms with E-state index in [9.17, 15) is 9.59 Å². The molecule has 1 aromatic carbocycles. The van der Waals surface area contributed by atoms with Crippen LogP contribution in [0.2, 0.25) is 0 Å². The highest BCUT2D eigenvalue weighted by molar-refractivity contribution is 5.89. The van der Waals surface area contributed by atoms with Crippen LogP contribution in [0.4, 0.5) is 0 Å². The van der Waals surface area contributed by atoms with Gasteiger partial charge in [0.2, 0.25) is 0 Å². The summed E-state index contributed by atoms with van der Waals surface area (Å²) in [6.45, 7) is 3.40. The average molecular weight is 303 g/mol. The molecular weight excluding hydrogens is 282 g/mol. The van der Waals surface area contributed by atoms with E-state index in [1.165, 1.54) is 14.0 Å². The third kappa shape index (κ3) is 3.36. The van der Waals surface area contributed by atoms with Crippen molar-refractivity contribution in [3.8, 4) is 5.75 Å². The monoisotopic (exact) mass is 303 g/mol. The molecule has 0 aliphatic heterocycles. The van der Waals surface area contributed by atoms with Gasteiger partial charge in [-0.1, -0.05) is 31.2 Å². The quantitative estimate of drug-likeness (QED) is 0.684. The third-order valence-corrected chi connectivity index (χ3v) is 4.06. The van der Waals surface area contributed by atoms with Crippen LogP contribution in [0.25, 0.3) is 0 Å². The first kappa shape index (κ1) is 16.2. The predicted octanol–water partition coefficient (Wildman–Crippen LogP) is 2.16. The topological polar surface area (TPSA) is 78.6 Å². The summed E-state index contributed by atoms with van der Waals surface area (Å²) in [7, 11) is 1.36. The Labute approximate surface area is 130 Å². The minimum Gasteiger partial charge on any atom is -0.466 e. The minimum atomic E-state index is -0.377. The smallest absolute Gasteiger partial charge is 0.333 e. The van der Waals surface area contributed by atoms with Crippen molar-refractivity contribution in [2.24, 2.45) is 11.7 Å². The van der Waals surface area contributed by atoms with E-state index in [2.05, 4.69) is 0 Å². The number of carbonyl (C=O) groups is 2. The van der Waals surface area contributed by atoms with Crippen LogP contribution in [0.15, 0.2) is 35.9 Å². The van der Waals surface area contributed by atoms with Crippen LogP contribution in [-0.4, -0.2) is 25.1 Å². The fourth-order valence-corrected chi connectivity index (χ4v) is 2.80. The number of esters is 2. The van der Waals surface area contributed by atoms with Crippen molar-refractivity contribution in [2.75, 3.05) is 7.11 Å². The standard InChI is InChI=1S/C17H21NO4/c1-10-14(8-12(9-15(10)18)17(20)21-3)13-6-4-5-7-16(13)22-11(2)19/h4-8,10,14-15H,9,18H2,1-3H3/t10-,14+,15-/m0/s1. The summed E-state index contributed by atoms with van der Waals surface area (Å²) in [6.07, 6.45) is 2.36. The van der Waals surface area contributed by atoms with Crippen molar-refractivity contribution < 1.29 is 19.1 Å². The lowest BCUT2D eigenvalue weighted by Gasteiger charge is -2.33. The van der Waals surface area contributed by atoms with Crippen molar-refractivity contribution in [3.63, 3.8) is 0 Å². The Morgan fingerprint density at radius 1 is 1.27 bits per heavy atom. The van der Waals surface area contributed by atoms with Gasteiger partial charge >= 0.3 is 11.9 Å². The fourth-order valence-electron chi connectivity index (χ4n) is 2.80. The van der Waals surface area contributed by atoms with E-state index in [1.54, 1.807) is 12.1 Å². The zero-order chi connectivity index (χ0) is 16.3. The second-order valence-electron chi connectivity index (χ2n) is 5.57. The maximum absolute atomic E-state index is 11.8. The highest BCUT2D eigenvalue weighted by Crippen LogP contribution is 2.39. The first-order valence-electron chi connectivity index (χ1n) is 7.26. The first-order chi connectivity index (χ1) is 10.4. The van der Waals surface area contributed by atoms with E-state index in [-0.39, 0.29) is 29.8 Å². The van der Waals surface area contributed by atoms with Gasteiger partial charge in [-0.2, -0.15) is 0 Å². The number of hydrogen-bond donors (Lipinski definition) is 1. The average Bonchev–Trinajstić information content (AvgIpc) is 2.49. The molecule has 2 rings (SSSR count). The van der Waals surface area contributed by atoms with Crippen LogP contribution in [0.3, 0.4) is 0 Å². The summed E-state index contributed by atoms with van der Waals surface area (Å²) in [5, 5.41) is 0. The largest absolute Gasteiger partial charge is 0.466 e. The minimum absolute atomic E-state index is 0.103. The summed E-state index contributed by atoms with van der Waals surface area (Å²) in [4.78, 5) is 23.1. The Balaban J connectivity index is 2.44. The molecule has 2 N–H and O–H groups in total. The fraction of sp³-hybridized carbons (Fsp3) is 0.412. The summed E-state index contributed by atoms with van der Waals surface area (Å²) in [6, 6.07) is 7.16. The molecule has 5 nitrogen and oxygen atoms in total. The van der Waals surface area contributed by atoms with E-state index < -0.39 is 0 Å². The van der Waals surface area contributed by atoms with Gasteiger partial charge in [0.25, 0.3) is 0 Å². The molecule has 1 aliphatic rings. The molecule has 1 aromatic rings. The number of ether oxygens (including phenoxy) is 2. The molecule has 0 amide bonds. The second-order valence-corrected chi connectivity index (χ2v) is 5.57. The number of benzene rings is 1. The van der Waals surface area contributed by atoms with Gasteiger partial charge in [-0.3, -0.25) is 4.79 Å². The molecule has 118 valence electrons. The van der Waals surface area contributed by atoms with E-state index in [1.807, 2.05) is 25.1 Å². The number of methoxy groups -OCH3 is 1. The predicted molar refractivity (Wildman–Crippen MR) is 82.3 cm³/mol. The molecular formula is C17H21NO4. The number of carbonyl (C=O) groups excluding carboxylic acids is 2. The van der Waals surface area contributed by atoms with Crippen LogP contribution in [0.1, 0.15) is 31.7 Å². The molecule has 1 aliphatic carbocycles. The highest BCUT2D eigenvalue weighted by atomic mass is 16.5. The molecule has 5 heteroatoms. The van der Waals surface area contributed by atoms with Gasteiger partial charge in [-0.25, -0.2) is 4.79 Å². The van der Waals surface area contributed by atoms with Crippen LogP contribution >= 0.6 is 0 Å². The van der Waals surface area contributed by atoms with E-state index >= 15 is 0 Å². The summed E-state index contributed by atoms with van der Waals surface area (Å²) in [5.41, 5.74) is 7.60. The summed E-state index contributed by atoms with van der Waals surface area (Å²) >= 11 is 0. The van der Waals surface area contributed by atoms with Crippen molar-refractivity contribution in [1.29, 1.82) is 0 Å². The molecule has 0 radical (unpaired) electrons. The summed E-state index contributed by atoms with van der Waals surface area (Å²) in [5.74, 6) is -0.227. The lowest BCUT2D eigenvalue weighted by Crippen LogP contribution is -2.37. The molecule has 0 aromatic heterocycles. The van der Waals surface area contributed by atoms with Crippen LogP contribution in [0, 0.1) is 5.92 Å². The van der Waals surface area contributed by atoms with Crippen molar-refractivity contribution in [3.05, 3.63) is 41.5 Å². The van der Waals surface area contributed by atoms with Gasteiger partial charge in [-0.05, 0) is 18.4 Å². The van der Waals surface area contributed by atoms with Crippen molar-refractivity contribution in [2.45, 2.75) is 32.2 Å². The number of hydrogen-bond acceptors (Lipinski definition) is 5. The van der Waals surface area contributed by atoms with E-state index in [0.29, 0.717) is 17.7 Å². The van der Waals surface area contributed by atoms with Gasteiger partial charge in [-0.15, -0.1) is 0 Å². The van der Waals surface area contributed by atoms with Crippen molar-refractivity contribution >= 4 is 11.9 Å². The maximum Gasteiger partial charge on any atom is 0.333 e. The molecule has 3 atom stereocenters. The molecule has 0 saturated carbocycles. The first-order valence-corrected chi connectivity index (χ1v) is 7.26. The zero-order valence-electron chi connectivity index (χ0n) is 13.0. The molecule has 0 heterocycles. The van der Waals surface area contributed by atoms with Gasteiger partial charge in [0, 0.05) is 30.0 Å². The number of para-hydroxylation sites is 1. The molecule has 0 bridgehead atoms. The molecule has 22 heavy (non-hydrogen) atoms. The van der Waals surface area contributed by atoms with Crippen LogP contribution in [0.5, 0.6) is 5.75 Å². The lowest BCUT2D eigenvalue weighted by molar-refractivity contribution is -0.136. The SMILES string of the molecule is COC(=O)C1=C[C@@H](c2ccccc2OC(C)=O)[C@H](C)[C@@H](N)C1. The third-order valence-electron chi connectivity index (χ3n) is 4.06. The van der Waals surface area contributed by atoms with Gasteiger partial charge in [0.15, 0.2) is 0 Å². The number of nitrogens with two attached hydrogens (primary N) is 1. The van der Waals surface area contributed by atoms with Crippen molar-refractivity contribution in [1.82, 2.24) is 0 Å². The van der Waals surface area contributed by atoms with Gasteiger partial charge < -0.3 is 15.2 Å². The van der Waals surface area contributed by atoms with Crippen LogP contribution in [-0.2, 0) is 14.3 Å². The highest BCUT2D eigenvalue weighted by Gasteiger charge is 2.32. The molecule has 0 spiro atoms.